The van der Waals surface area contributed by atoms with Crippen molar-refractivity contribution in [3.8, 4) is 11.5 Å². The topological polar surface area (TPSA) is 68.3 Å². The van der Waals surface area contributed by atoms with Gasteiger partial charge in [0, 0.05) is 23.4 Å². The van der Waals surface area contributed by atoms with E-state index in [9.17, 15) is 0 Å². The molecule has 0 unspecified atom stereocenters. The van der Waals surface area contributed by atoms with Crippen molar-refractivity contribution >= 4 is 17.5 Å². The van der Waals surface area contributed by atoms with Crippen molar-refractivity contribution in [1.29, 1.82) is 0 Å². The number of hydrogen-bond acceptors (Lipinski definition) is 6. The molecule has 6 nitrogen and oxygen atoms in total. The molecule has 2 rings (SSSR count). The predicted octanol–water partition coefficient (Wildman–Crippen LogP) is 3.76. The summed E-state index contributed by atoms with van der Waals surface area (Å²) in [5, 5.41) is 6.55. The molecular weight excluding hydrogens is 292 g/mol. The molecule has 0 saturated heterocycles. The Labute approximate surface area is 137 Å². The van der Waals surface area contributed by atoms with Crippen LogP contribution in [-0.4, -0.2) is 29.7 Å². The third-order valence-corrected chi connectivity index (χ3v) is 3.01. The van der Waals surface area contributed by atoms with Crippen LogP contribution in [0.3, 0.4) is 0 Å². The van der Waals surface area contributed by atoms with E-state index in [0.29, 0.717) is 17.5 Å². The Morgan fingerprint density at radius 1 is 1.00 bits per heavy atom. The number of hydrogen-bond donors (Lipinski definition) is 2. The van der Waals surface area contributed by atoms with Crippen molar-refractivity contribution < 1.29 is 9.47 Å². The van der Waals surface area contributed by atoms with Gasteiger partial charge in [-0.3, -0.25) is 0 Å². The Morgan fingerprint density at radius 2 is 1.74 bits per heavy atom. The van der Waals surface area contributed by atoms with Crippen LogP contribution < -0.4 is 20.1 Å². The number of aryl methyl sites for hydroxylation is 1. The number of ether oxygens (including phenoxy) is 2. The van der Waals surface area contributed by atoms with E-state index in [0.717, 1.165) is 17.1 Å². The second-order valence-corrected chi connectivity index (χ2v) is 6.28. The molecule has 0 fully saturated rings. The minimum Gasteiger partial charge on any atom is -0.497 e. The van der Waals surface area contributed by atoms with Crippen LogP contribution >= 0.6 is 0 Å². The van der Waals surface area contributed by atoms with Crippen molar-refractivity contribution in [3.63, 3.8) is 0 Å². The lowest BCUT2D eigenvalue weighted by molar-refractivity contribution is 0.405. The van der Waals surface area contributed by atoms with Gasteiger partial charge in [0.2, 0.25) is 5.95 Å². The molecule has 0 atom stereocenters. The third kappa shape index (κ3) is 4.74. The first kappa shape index (κ1) is 16.9. The maximum Gasteiger partial charge on any atom is 0.225 e. The summed E-state index contributed by atoms with van der Waals surface area (Å²) >= 11 is 0. The summed E-state index contributed by atoms with van der Waals surface area (Å²) in [6.07, 6.45) is 0. The molecule has 0 saturated carbocycles. The SMILES string of the molecule is COc1ccc(OC)c(Nc2cc(C)nc(NC(C)(C)C)n2)c1. The summed E-state index contributed by atoms with van der Waals surface area (Å²) in [6, 6.07) is 7.45. The number of rotatable bonds is 5. The molecule has 6 heteroatoms. The van der Waals surface area contributed by atoms with Crippen LogP contribution in [0.5, 0.6) is 11.5 Å². The zero-order valence-electron chi connectivity index (χ0n) is 14.5. The van der Waals surface area contributed by atoms with E-state index >= 15 is 0 Å². The van der Waals surface area contributed by atoms with Crippen molar-refractivity contribution in [3.05, 3.63) is 30.0 Å². The second-order valence-electron chi connectivity index (χ2n) is 6.28. The average Bonchev–Trinajstić information content (AvgIpc) is 2.44. The molecule has 0 bridgehead atoms. The maximum absolute atomic E-state index is 5.38. The number of methoxy groups -OCH3 is 2. The molecule has 0 aliphatic rings. The number of anilines is 3. The van der Waals surface area contributed by atoms with Crippen molar-refractivity contribution in [2.45, 2.75) is 33.2 Å². The lowest BCUT2D eigenvalue weighted by Gasteiger charge is -2.21. The smallest absolute Gasteiger partial charge is 0.225 e. The normalized spacial score (nSPS) is 11.0. The quantitative estimate of drug-likeness (QED) is 0.875. The monoisotopic (exact) mass is 316 g/mol. The van der Waals surface area contributed by atoms with Gasteiger partial charge in [-0.2, -0.15) is 4.98 Å². The minimum atomic E-state index is -0.112. The molecule has 1 heterocycles. The highest BCUT2D eigenvalue weighted by molar-refractivity contribution is 5.67. The highest BCUT2D eigenvalue weighted by Crippen LogP contribution is 2.31. The Bertz CT molecular complexity index is 681. The zero-order valence-corrected chi connectivity index (χ0v) is 14.5. The van der Waals surface area contributed by atoms with E-state index in [1.807, 2.05) is 31.2 Å². The van der Waals surface area contributed by atoms with E-state index in [4.69, 9.17) is 9.47 Å². The number of nitrogens with one attached hydrogen (secondary N) is 2. The van der Waals surface area contributed by atoms with Gasteiger partial charge in [-0.1, -0.05) is 0 Å². The van der Waals surface area contributed by atoms with Gasteiger partial charge in [0.05, 0.1) is 19.9 Å². The lowest BCUT2D eigenvalue weighted by atomic mass is 10.1. The first-order valence-electron chi connectivity index (χ1n) is 7.43. The van der Waals surface area contributed by atoms with E-state index in [2.05, 4.69) is 41.4 Å². The van der Waals surface area contributed by atoms with E-state index in [1.165, 1.54) is 0 Å². The Balaban J connectivity index is 2.33. The molecule has 0 aliphatic heterocycles. The fraction of sp³-hybridized carbons (Fsp3) is 0.412. The maximum atomic E-state index is 5.38. The third-order valence-electron chi connectivity index (χ3n) is 3.01. The van der Waals surface area contributed by atoms with Crippen LogP contribution in [0.2, 0.25) is 0 Å². The van der Waals surface area contributed by atoms with Crippen molar-refractivity contribution in [2.75, 3.05) is 24.9 Å². The van der Waals surface area contributed by atoms with Crippen LogP contribution in [0.25, 0.3) is 0 Å². The van der Waals surface area contributed by atoms with Gasteiger partial charge in [0.25, 0.3) is 0 Å². The van der Waals surface area contributed by atoms with Crippen LogP contribution in [0.15, 0.2) is 24.3 Å². The number of benzene rings is 1. The second kappa shape index (κ2) is 6.73. The molecule has 23 heavy (non-hydrogen) atoms. The highest BCUT2D eigenvalue weighted by atomic mass is 16.5. The molecule has 2 N–H and O–H groups in total. The molecule has 0 aliphatic carbocycles. The van der Waals surface area contributed by atoms with Crippen LogP contribution in [0, 0.1) is 6.92 Å². The number of aromatic nitrogens is 2. The fourth-order valence-electron chi connectivity index (χ4n) is 2.07. The minimum absolute atomic E-state index is 0.112. The molecule has 1 aromatic carbocycles. The van der Waals surface area contributed by atoms with Gasteiger partial charge >= 0.3 is 0 Å². The first-order valence-corrected chi connectivity index (χ1v) is 7.43. The number of nitrogens with zero attached hydrogens (tertiary/aromatic N) is 2. The largest absolute Gasteiger partial charge is 0.497 e. The summed E-state index contributed by atoms with van der Waals surface area (Å²) in [7, 11) is 3.26. The molecular formula is C17H24N4O2. The molecule has 1 aromatic heterocycles. The Morgan fingerprint density at radius 3 is 2.35 bits per heavy atom. The van der Waals surface area contributed by atoms with Gasteiger partial charge in [-0.05, 0) is 39.8 Å². The van der Waals surface area contributed by atoms with Gasteiger partial charge in [-0.25, -0.2) is 4.98 Å². The molecule has 2 aromatic rings. The summed E-state index contributed by atoms with van der Waals surface area (Å²) in [5.74, 6) is 2.73. The average molecular weight is 316 g/mol. The summed E-state index contributed by atoms with van der Waals surface area (Å²) in [6.45, 7) is 8.13. The van der Waals surface area contributed by atoms with Crippen molar-refractivity contribution in [1.82, 2.24) is 9.97 Å². The van der Waals surface area contributed by atoms with E-state index in [-0.39, 0.29) is 5.54 Å². The molecule has 124 valence electrons. The molecule has 0 radical (unpaired) electrons. The van der Waals surface area contributed by atoms with Gasteiger partial charge in [0.1, 0.15) is 17.3 Å². The van der Waals surface area contributed by atoms with Crippen molar-refractivity contribution in [2.24, 2.45) is 0 Å². The van der Waals surface area contributed by atoms with Crippen LogP contribution in [0.1, 0.15) is 26.5 Å². The van der Waals surface area contributed by atoms with Gasteiger partial charge < -0.3 is 20.1 Å². The van der Waals surface area contributed by atoms with E-state index < -0.39 is 0 Å². The zero-order chi connectivity index (χ0) is 17.0. The predicted molar refractivity (Wildman–Crippen MR) is 93.0 cm³/mol. The van der Waals surface area contributed by atoms with Crippen LogP contribution in [0.4, 0.5) is 17.5 Å². The standard InChI is InChI=1S/C17H24N4O2/c1-11-9-15(20-16(18-11)21-17(2,3)4)19-13-10-12(22-5)7-8-14(13)23-6/h7-10H,1-6H3,(H2,18,19,20,21). The summed E-state index contributed by atoms with van der Waals surface area (Å²) < 4.78 is 10.6. The summed E-state index contributed by atoms with van der Waals surface area (Å²) in [5.41, 5.74) is 1.54. The molecule has 0 spiro atoms. The Hall–Kier alpha value is -2.50. The Kier molecular flexibility index (Phi) is 4.93. The fourth-order valence-corrected chi connectivity index (χ4v) is 2.07. The van der Waals surface area contributed by atoms with Gasteiger partial charge in [0.15, 0.2) is 0 Å². The van der Waals surface area contributed by atoms with Gasteiger partial charge in [-0.15, -0.1) is 0 Å². The highest BCUT2D eigenvalue weighted by Gasteiger charge is 2.13. The first-order chi connectivity index (χ1) is 10.8. The van der Waals surface area contributed by atoms with Crippen LogP contribution in [-0.2, 0) is 0 Å². The summed E-state index contributed by atoms with van der Waals surface area (Å²) in [4.78, 5) is 8.93. The lowest BCUT2D eigenvalue weighted by Crippen LogP contribution is -2.27. The molecule has 0 amide bonds. The van der Waals surface area contributed by atoms with E-state index in [1.54, 1.807) is 14.2 Å².